The Morgan fingerprint density at radius 2 is 2.22 bits per heavy atom. The van der Waals surface area contributed by atoms with Crippen LogP contribution in [0.25, 0.3) is 0 Å². The quantitative estimate of drug-likeness (QED) is 0.314. The minimum atomic E-state index is -0.00201. The van der Waals surface area contributed by atoms with Crippen molar-refractivity contribution in [3.05, 3.63) is 29.8 Å². The molecule has 1 aliphatic rings. The van der Waals surface area contributed by atoms with Crippen LogP contribution in [0.1, 0.15) is 45.1 Å². The maximum atomic E-state index is 9.37. The van der Waals surface area contributed by atoms with Gasteiger partial charge in [-0.15, -0.1) is 0 Å². The molecule has 1 atom stereocenters. The summed E-state index contributed by atoms with van der Waals surface area (Å²) in [4.78, 5) is 4.71. The van der Waals surface area contributed by atoms with E-state index in [0.29, 0.717) is 13.2 Å². The van der Waals surface area contributed by atoms with Gasteiger partial charge in [0.2, 0.25) is 0 Å². The molecule has 152 valence electrons. The van der Waals surface area contributed by atoms with Gasteiger partial charge in [0.25, 0.3) is 0 Å². The van der Waals surface area contributed by atoms with Crippen LogP contribution < -0.4 is 15.4 Å². The van der Waals surface area contributed by atoms with Gasteiger partial charge in [0.15, 0.2) is 5.96 Å². The lowest BCUT2D eigenvalue weighted by molar-refractivity contribution is 0.127. The Morgan fingerprint density at radius 1 is 1.33 bits per heavy atom. The smallest absolute Gasteiger partial charge is 0.191 e. The van der Waals surface area contributed by atoms with Gasteiger partial charge in [-0.1, -0.05) is 25.5 Å². The van der Waals surface area contributed by atoms with Crippen LogP contribution in [0.5, 0.6) is 5.75 Å². The highest BCUT2D eigenvalue weighted by molar-refractivity contribution is 5.79. The number of hydrogen-bond donors (Lipinski definition) is 3. The third kappa shape index (κ3) is 7.39. The number of guanidine groups is 1. The Morgan fingerprint density at radius 3 is 2.93 bits per heavy atom. The first kappa shape index (κ1) is 21.5. The van der Waals surface area contributed by atoms with Gasteiger partial charge in [-0.3, -0.25) is 0 Å². The SMILES string of the molecule is CCCCOc1cccc(CN=C(NCC)NCC2(CCO)CCOC2)c1. The van der Waals surface area contributed by atoms with Gasteiger partial charge in [0.1, 0.15) is 5.75 Å². The number of hydrogen-bond acceptors (Lipinski definition) is 4. The molecule has 0 amide bonds. The molecule has 0 spiro atoms. The number of nitrogens with one attached hydrogen (secondary N) is 2. The molecule has 0 radical (unpaired) electrons. The first-order valence-corrected chi connectivity index (χ1v) is 10.1. The third-order valence-electron chi connectivity index (χ3n) is 4.89. The average Bonchev–Trinajstić information content (AvgIpc) is 3.14. The molecule has 0 aromatic heterocycles. The molecule has 1 unspecified atom stereocenters. The molecule has 2 rings (SSSR count). The van der Waals surface area contributed by atoms with E-state index in [1.54, 1.807) is 0 Å². The Bertz CT molecular complexity index is 572. The molecule has 0 bridgehead atoms. The summed E-state index contributed by atoms with van der Waals surface area (Å²) in [5.74, 6) is 1.69. The molecule has 0 aliphatic carbocycles. The van der Waals surface area contributed by atoms with Crippen molar-refractivity contribution in [1.82, 2.24) is 10.6 Å². The first-order valence-electron chi connectivity index (χ1n) is 10.1. The van der Waals surface area contributed by atoms with Gasteiger partial charge >= 0.3 is 0 Å². The summed E-state index contributed by atoms with van der Waals surface area (Å²) in [7, 11) is 0. The topological polar surface area (TPSA) is 75.1 Å². The number of benzene rings is 1. The Balaban J connectivity index is 1.93. The van der Waals surface area contributed by atoms with Crippen molar-refractivity contribution in [2.24, 2.45) is 10.4 Å². The molecule has 1 aromatic carbocycles. The van der Waals surface area contributed by atoms with Crippen molar-refractivity contribution < 1.29 is 14.6 Å². The maximum absolute atomic E-state index is 9.37. The minimum absolute atomic E-state index is 0.00201. The van der Waals surface area contributed by atoms with Gasteiger partial charge in [-0.25, -0.2) is 4.99 Å². The fourth-order valence-electron chi connectivity index (χ4n) is 3.16. The fraction of sp³-hybridized carbons (Fsp3) is 0.667. The van der Waals surface area contributed by atoms with Crippen LogP contribution in [-0.4, -0.2) is 50.6 Å². The second kappa shape index (κ2) is 11.8. The number of aliphatic hydroxyl groups excluding tert-OH is 1. The highest BCUT2D eigenvalue weighted by Gasteiger charge is 2.34. The molecule has 1 fully saturated rings. The third-order valence-corrected chi connectivity index (χ3v) is 4.89. The number of aliphatic hydroxyl groups is 1. The van der Waals surface area contributed by atoms with E-state index in [4.69, 9.17) is 14.5 Å². The molecule has 1 aliphatic heterocycles. The van der Waals surface area contributed by atoms with E-state index in [1.165, 1.54) is 0 Å². The Hall–Kier alpha value is -1.79. The van der Waals surface area contributed by atoms with Gasteiger partial charge in [0, 0.05) is 31.7 Å². The lowest BCUT2D eigenvalue weighted by Gasteiger charge is -2.27. The van der Waals surface area contributed by atoms with Gasteiger partial charge in [-0.05, 0) is 43.9 Å². The summed E-state index contributed by atoms with van der Waals surface area (Å²) >= 11 is 0. The molecule has 27 heavy (non-hydrogen) atoms. The normalized spacial score (nSPS) is 19.9. The van der Waals surface area contributed by atoms with E-state index in [-0.39, 0.29) is 12.0 Å². The fourth-order valence-corrected chi connectivity index (χ4v) is 3.16. The van der Waals surface area contributed by atoms with Crippen LogP contribution in [0.15, 0.2) is 29.3 Å². The zero-order chi connectivity index (χ0) is 19.4. The number of nitrogens with zero attached hydrogens (tertiary/aromatic N) is 1. The van der Waals surface area contributed by atoms with Crippen molar-refractivity contribution in [3.63, 3.8) is 0 Å². The first-order chi connectivity index (χ1) is 13.2. The standard InChI is InChI=1S/C21H35N3O3/c1-3-5-12-27-19-8-6-7-18(14-19)15-23-20(22-4-2)24-16-21(9-11-25)10-13-26-17-21/h6-8,14,25H,3-5,9-13,15-17H2,1-2H3,(H2,22,23,24). The Labute approximate surface area is 163 Å². The zero-order valence-corrected chi connectivity index (χ0v) is 16.8. The summed E-state index contributed by atoms with van der Waals surface area (Å²) < 4.78 is 11.3. The molecular weight excluding hydrogens is 342 g/mol. The molecule has 6 nitrogen and oxygen atoms in total. The molecule has 0 saturated carbocycles. The highest BCUT2D eigenvalue weighted by atomic mass is 16.5. The maximum Gasteiger partial charge on any atom is 0.191 e. The zero-order valence-electron chi connectivity index (χ0n) is 16.8. The van der Waals surface area contributed by atoms with Crippen molar-refractivity contribution in [2.75, 3.05) is 39.5 Å². The van der Waals surface area contributed by atoms with Gasteiger partial charge < -0.3 is 25.2 Å². The van der Waals surface area contributed by atoms with Gasteiger partial charge in [0.05, 0.1) is 19.8 Å². The molecule has 1 saturated heterocycles. The van der Waals surface area contributed by atoms with E-state index in [2.05, 4.69) is 36.6 Å². The predicted octanol–water partition coefficient (Wildman–Crippen LogP) is 2.71. The van der Waals surface area contributed by atoms with Crippen molar-refractivity contribution in [2.45, 2.75) is 46.1 Å². The van der Waals surface area contributed by atoms with Crippen molar-refractivity contribution in [1.29, 1.82) is 0 Å². The van der Waals surface area contributed by atoms with E-state index >= 15 is 0 Å². The van der Waals surface area contributed by atoms with Crippen molar-refractivity contribution in [3.8, 4) is 5.75 Å². The summed E-state index contributed by atoms with van der Waals surface area (Å²) in [6, 6.07) is 8.13. The van der Waals surface area contributed by atoms with Crippen LogP contribution in [0.2, 0.25) is 0 Å². The molecule has 3 N–H and O–H groups in total. The summed E-state index contributed by atoms with van der Waals surface area (Å²) in [6.07, 6.45) is 3.91. The second-order valence-corrected chi connectivity index (χ2v) is 7.17. The highest BCUT2D eigenvalue weighted by Crippen LogP contribution is 2.31. The summed E-state index contributed by atoms with van der Waals surface area (Å²) in [5.41, 5.74) is 1.12. The van der Waals surface area contributed by atoms with Gasteiger partial charge in [-0.2, -0.15) is 0 Å². The molecule has 6 heteroatoms. The predicted molar refractivity (Wildman–Crippen MR) is 109 cm³/mol. The largest absolute Gasteiger partial charge is 0.494 e. The van der Waals surface area contributed by atoms with Crippen LogP contribution in [-0.2, 0) is 11.3 Å². The summed E-state index contributed by atoms with van der Waals surface area (Å²) in [6.45, 7) is 8.75. The summed E-state index contributed by atoms with van der Waals surface area (Å²) in [5, 5.41) is 16.1. The minimum Gasteiger partial charge on any atom is -0.494 e. The average molecular weight is 378 g/mol. The number of ether oxygens (including phenoxy) is 2. The van der Waals surface area contributed by atoms with Crippen LogP contribution in [0, 0.1) is 5.41 Å². The monoisotopic (exact) mass is 377 g/mol. The van der Waals surface area contributed by atoms with E-state index < -0.39 is 0 Å². The molecule has 1 heterocycles. The van der Waals surface area contributed by atoms with Crippen LogP contribution in [0.3, 0.4) is 0 Å². The van der Waals surface area contributed by atoms with E-state index in [9.17, 15) is 5.11 Å². The molecular formula is C21H35N3O3. The van der Waals surface area contributed by atoms with E-state index in [0.717, 1.165) is 69.3 Å². The number of aliphatic imine (C=N–C) groups is 1. The number of unbranched alkanes of at least 4 members (excludes halogenated alkanes) is 1. The lowest BCUT2D eigenvalue weighted by atomic mass is 9.84. The van der Waals surface area contributed by atoms with E-state index in [1.807, 2.05) is 12.1 Å². The number of rotatable bonds is 11. The molecule has 1 aromatic rings. The Kier molecular flexibility index (Phi) is 9.42. The van der Waals surface area contributed by atoms with Crippen LogP contribution in [0.4, 0.5) is 0 Å². The van der Waals surface area contributed by atoms with Crippen LogP contribution >= 0.6 is 0 Å². The lowest BCUT2D eigenvalue weighted by Crippen LogP contribution is -2.44. The van der Waals surface area contributed by atoms with Crippen molar-refractivity contribution >= 4 is 5.96 Å². The second-order valence-electron chi connectivity index (χ2n) is 7.17.